The lowest BCUT2D eigenvalue weighted by Gasteiger charge is -2.37. The summed E-state index contributed by atoms with van der Waals surface area (Å²) in [7, 11) is 0. The van der Waals surface area contributed by atoms with Gasteiger partial charge in [-0.15, -0.1) is 11.6 Å². The topological polar surface area (TPSA) is 55.3 Å². The van der Waals surface area contributed by atoms with Gasteiger partial charge in [0.05, 0.1) is 35.7 Å². The third-order valence-electron chi connectivity index (χ3n) is 3.67. The fraction of sp³-hybridized carbons (Fsp3) is 0.400. The molecule has 2 aromatic rings. The van der Waals surface area contributed by atoms with Gasteiger partial charge in [0.2, 0.25) is 0 Å². The number of carbonyl (C=O) groups is 1. The van der Waals surface area contributed by atoms with E-state index in [4.69, 9.17) is 16.3 Å². The molecule has 0 aliphatic carbocycles. The van der Waals surface area contributed by atoms with Crippen molar-refractivity contribution in [2.24, 2.45) is 0 Å². The molecule has 1 aliphatic heterocycles. The Kier molecular flexibility index (Phi) is 4.03. The molecule has 0 radical (unpaired) electrons. The molecule has 21 heavy (non-hydrogen) atoms. The van der Waals surface area contributed by atoms with E-state index in [9.17, 15) is 4.79 Å². The quantitative estimate of drug-likeness (QED) is 0.797. The number of morpholine rings is 1. The number of fused-ring (bicyclic) bond motifs is 1. The predicted octanol–water partition coefficient (Wildman–Crippen LogP) is 2.10. The number of nitrogens with zero attached hydrogens (tertiary/aromatic N) is 3. The molecule has 6 heteroatoms. The summed E-state index contributed by atoms with van der Waals surface area (Å²) in [6.45, 7) is 2.97. The van der Waals surface area contributed by atoms with Gasteiger partial charge in [-0.2, -0.15) is 0 Å². The Balaban J connectivity index is 1.96. The number of benzene rings is 1. The third kappa shape index (κ3) is 2.71. The number of amides is 1. The van der Waals surface area contributed by atoms with Crippen LogP contribution in [0.5, 0.6) is 0 Å². The van der Waals surface area contributed by atoms with Gasteiger partial charge in [-0.05, 0) is 19.1 Å². The molecule has 1 amide bonds. The minimum atomic E-state index is -0.118. The molecule has 0 bridgehead atoms. The number of alkyl halides is 1. The van der Waals surface area contributed by atoms with Gasteiger partial charge in [-0.25, -0.2) is 0 Å². The number of hydrogen-bond acceptors (Lipinski definition) is 4. The molecule has 2 heterocycles. The van der Waals surface area contributed by atoms with Crippen LogP contribution in [0.3, 0.4) is 0 Å². The molecular weight excluding hydrogens is 290 g/mol. The molecule has 1 aliphatic rings. The van der Waals surface area contributed by atoms with E-state index < -0.39 is 0 Å². The summed E-state index contributed by atoms with van der Waals surface area (Å²) in [6, 6.07) is 5.48. The molecule has 0 N–H and O–H groups in total. The number of para-hydroxylation sites is 1. The van der Waals surface area contributed by atoms with Crippen LogP contribution < -0.4 is 0 Å². The van der Waals surface area contributed by atoms with Crippen LogP contribution in [0.25, 0.3) is 11.0 Å². The maximum atomic E-state index is 12.8. The van der Waals surface area contributed by atoms with Gasteiger partial charge in [-0.3, -0.25) is 14.8 Å². The number of hydrogen-bond donors (Lipinski definition) is 0. The molecule has 1 fully saturated rings. The number of carbonyl (C=O) groups excluding carboxylic acids is 1. The van der Waals surface area contributed by atoms with Crippen molar-refractivity contribution in [3.05, 3.63) is 36.2 Å². The molecule has 2 unspecified atom stereocenters. The zero-order valence-electron chi connectivity index (χ0n) is 11.7. The second-order valence-electron chi connectivity index (χ2n) is 5.15. The van der Waals surface area contributed by atoms with Crippen molar-refractivity contribution in [1.82, 2.24) is 14.9 Å². The normalized spacial score (nSPS) is 22.5. The van der Waals surface area contributed by atoms with Crippen molar-refractivity contribution in [1.29, 1.82) is 0 Å². The van der Waals surface area contributed by atoms with E-state index >= 15 is 0 Å². The van der Waals surface area contributed by atoms with E-state index in [0.29, 0.717) is 30.1 Å². The second kappa shape index (κ2) is 5.95. The first-order valence-corrected chi connectivity index (χ1v) is 7.42. The van der Waals surface area contributed by atoms with Gasteiger partial charge in [0.1, 0.15) is 5.52 Å². The van der Waals surface area contributed by atoms with Crippen molar-refractivity contribution in [3.63, 3.8) is 0 Å². The van der Waals surface area contributed by atoms with Gasteiger partial charge in [0.25, 0.3) is 5.91 Å². The first-order chi connectivity index (χ1) is 10.2. The van der Waals surface area contributed by atoms with Crippen LogP contribution in [0.2, 0.25) is 0 Å². The molecule has 110 valence electrons. The molecule has 0 spiro atoms. The van der Waals surface area contributed by atoms with Crippen LogP contribution in [0.15, 0.2) is 30.6 Å². The SMILES string of the molecule is CC1COC(CCl)CN1C(=O)c1cccc2nccnc12. The lowest BCUT2D eigenvalue weighted by Crippen LogP contribution is -2.51. The van der Waals surface area contributed by atoms with Crippen LogP contribution in [0, 0.1) is 0 Å². The number of ether oxygens (including phenoxy) is 1. The second-order valence-corrected chi connectivity index (χ2v) is 5.45. The van der Waals surface area contributed by atoms with E-state index in [1.165, 1.54) is 0 Å². The Hall–Kier alpha value is -1.72. The molecule has 2 atom stereocenters. The lowest BCUT2D eigenvalue weighted by atomic mass is 10.1. The first kappa shape index (κ1) is 14.2. The fourth-order valence-corrected chi connectivity index (χ4v) is 2.70. The summed E-state index contributed by atoms with van der Waals surface area (Å²) in [5.74, 6) is 0.332. The van der Waals surface area contributed by atoms with Gasteiger partial charge >= 0.3 is 0 Å². The van der Waals surface area contributed by atoms with Crippen LogP contribution in [-0.4, -0.2) is 52.0 Å². The Labute approximate surface area is 127 Å². The van der Waals surface area contributed by atoms with Crippen LogP contribution in [0.4, 0.5) is 0 Å². The van der Waals surface area contributed by atoms with E-state index in [1.54, 1.807) is 23.4 Å². The van der Waals surface area contributed by atoms with Gasteiger partial charge in [-0.1, -0.05) is 6.07 Å². The van der Waals surface area contributed by atoms with Crippen LogP contribution in [-0.2, 0) is 4.74 Å². The highest BCUT2D eigenvalue weighted by molar-refractivity contribution is 6.18. The van der Waals surface area contributed by atoms with Crippen molar-refractivity contribution in [3.8, 4) is 0 Å². The zero-order chi connectivity index (χ0) is 14.8. The standard InChI is InChI=1S/C15H16ClN3O2/c1-10-9-21-11(7-16)8-19(10)15(20)12-3-2-4-13-14(12)18-6-5-17-13/h2-6,10-11H,7-9H2,1H3. The van der Waals surface area contributed by atoms with Crippen LogP contribution in [0.1, 0.15) is 17.3 Å². The van der Waals surface area contributed by atoms with Crippen molar-refractivity contribution in [2.45, 2.75) is 19.1 Å². The minimum Gasteiger partial charge on any atom is -0.373 e. The monoisotopic (exact) mass is 305 g/mol. The third-order valence-corrected chi connectivity index (χ3v) is 4.01. The summed E-state index contributed by atoms with van der Waals surface area (Å²) in [6.07, 6.45) is 3.11. The summed E-state index contributed by atoms with van der Waals surface area (Å²) in [5.41, 5.74) is 1.92. The van der Waals surface area contributed by atoms with Gasteiger partial charge in [0.15, 0.2) is 0 Å². The van der Waals surface area contributed by atoms with Gasteiger partial charge < -0.3 is 9.64 Å². The van der Waals surface area contributed by atoms with E-state index in [-0.39, 0.29) is 18.1 Å². The summed E-state index contributed by atoms with van der Waals surface area (Å²) >= 11 is 5.85. The largest absolute Gasteiger partial charge is 0.373 e. The zero-order valence-corrected chi connectivity index (χ0v) is 12.5. The van der Waals surface area contributed by atoms with E-state index in [1.807, 2.05) is 19.1 Å². The Bertz CT molecular complexity index is 659. The molecule has 3 rings (SSSR count). The molecule has 1 saturated heterocycles. The molecular formula is C15H16ClN3O2. The molecule has 1 aromatic carbocycles. The smallest absolute Gasteiger partial charge is 0.256 e. The van der Waals surface area contributed by atoms with Gasteiger partial charge in [0, 0.05) is 18.9 Å². The lowest BCUT2D eigenvalue weighted by molar-refractivity contribution is -0.0371. The Morgan fingerprint density at radius 2 is 2.24 bits per heavy atom. The maximum absolute atomic E-state index is 12.8. The fourth-order valence-electron chi connectivity index (χ4n) is 2.51. The highest BCUT2D eigenvalue weighted by Crippen LogP contribution is 2.20. The summed E-state index contributed by atoms with van der Waals surface area (Å²) in [5, 5.41) is 0. The number of aromatic nitrogens is 2. The maximum Gasteiger partial charge on any atom is 0.256 e. The van der Waals surface area contributed by atoms with Crippen LogP contribution >= 0.6 is 11.6 Å². The predicted molar refractivity (Wildman–Crippen MR) is 80.5 cm³/mol. The average molecular weight is 306 g/mol. The Morgan fingerprint density at radius 1 is 1.43 bits per heavy atom. The highest BCUT2D eigenvalue weighted by atomic mass is 35.5. The molecule has 0 saturated carbocycles. The summed E-state index contributed by atoms with van der Waals surface area (Å²) < 4.78 is 5.59. The molecule has 5 nitrogen and oxygen atoms in total. The average Bonchev–Trinajstić information content (AvgIpc) is 2.54. The number of halogens is 1. The van der Waals surface area contributed by atoms with Crippen molar-refractivity contribution >= 4 is 28.5 Å². The number of rotatable bonds is 2. The van der Waals surface area contributed by atoms with E-state index in [0.717, 1.165) is 5.52 Å². The van der Waals surface area contributed by atoms with Crippen molar-refractivity contribution < 1.29 is 9.53 Å². The first-order valence-electron chi connectivity index (χ1n) is 6.89. The van der Waals surface area contributed by atoms with E-state index in [2.05, 4.69) is 9.97 Å². The summed E-state index contributed by atoms with van der Waals surface area (Å²) in [4.78, 5) is 23.2. The highest BCUT2D eigenvalue weighted by Gasteiger charge is 2.30. The minimum absolute atomic E-state index is 0.0175. The Morgan fingerprint density at radius 3 is 3.05 bits per heavy atom. The van der Waals surface area contributed by atoms with Crippen molar-refractivity contribution in [2.75, 3.05) is 19.0 Å². The molecule has 1 aromatic heterocycles.